The first-order valence-corrected chi connectivity index (χ1v) is 7.82. The standard InChI is InChI=1S/C17H21N3O5/c1-3-8-19-17(23)12(2)20-15(21)10-25-16(22)11-24-14-6-4-13(9-18)5-7-14/h4-7,12H,3,8,10-11H2,1-2H3,(H,19,23)(H,20,21)/t12-/m1/s1. The highest BCUT2D eigenvalue weighted by Gasteiger charge is 2.16. The molecule has 8 heteroatoms. The van der Waals surface area contributed by atoms with Gasteiger partial charge in [-0.05, 0) is 37.6 Å². The molecule has 2 amide bonds. The molecule has 0 saturated heterocycles. The molecule has 1 rings (SSSR count). The molecule has 0 fully saturated rings. The maximum absolute atomic E-state index is 11.6. The van der Waals surface area contributed by atoms with Gasteiger partial charge in [0.2, 0.25) is 5.91 Å². The van der Waals surface area contributed by atoms with Crippen LogP contribution in [0.25, 0.3) is 0 Å². The van der Waals surface area contributed by atoms with Crippen molar-refractivity contribution in [2.24, 2.45) is 0 Å². The second-order valence-electron chi connectivity index (χ2n) is 5.17. The highest BCUT2D eigenvalue weighted by Crippen LogP contribution is 2.11. The van der Waals surface area contributed by atoms with Crippen LogP contribution in [0.3, 0.4) is 0 Å². The van der Waals surface area contributed by atoms with Gasteiger partial charge in [-0.3, -0.25) is 9.59 Å². The minimum atomic E-state index is -0.720. The predicted octanol–water partition coefficient (Wildman–Crippen LogP) is 0.511. The van der Waals surface area contributed by atoms with Crippen molar-refractivity contribution in [2.45, 2.75) is 26.3 Å². The number of ether oxygens (including phenoxy) is 2. The van der Waals surface area contributed by atoms with Gasteiger partial charge in [-0.1, -0.05) is 6.92 Å². The fourth-order valence-corrected chi connectivity index (χ4v) is 1.71. The summed E-state index contributed by atoms with van der Waals surface area (Å²) in [7, 11) is 0. The molecule has 1 aromatic carbocycles. The van der Waals surface area contributed by atoms with Crippen LogP contribution in [0.5, 0.6) is 5.75 Å². The van der Waals surface area contributed by atoms with Gasteiger partial charge in [-0.15, -0.1) is 0 Å². The molecule has 0 aliphatic carbocycles. The predicted molar refractivity (Wildman–Crippen MR) is 88.5 cm³/mol. The molecule has 0 saturated carbocycles. The number of esters is 1. The smallest absolute Gasteiger partial charge is 0.344 e. The van der Waals surface area contributed by atoms with Crippen LogP contribution < -0.4 is 15.4 Å². The first kappa shape index (κ1) is 20.0. The molecule has 134 valence electrons. The van der Waals surface area contributed by atoms with Crippen molar-refractivity contribution in [3.63, 3.8) is 0 Å². The fraction of sp³-hybridized carbons (Fsp3) is 0.412. The Morgan fingerprint density at radius 1 is 1.20 bits per heavy atom. The van der Waals surface area contributed by atoms with Crippen LogP contribution in [0, 0.1) is 11.3 Å². The van der Waals surface area contributed by atoms with E-state index in [1.54, 1.807) is 31.2 Å². The van der Waals surface area contributed by atoms with Gasteiger partial charge in [0.1, 0.15) is 11.8 Å². The van der Waals surface area contributed by atoms with Crippen LogP contribution in [0.15, 0.2) is 24.3 Å². The highest BCUT2D eigenvalue weighted by molar-refractivity contribution is 5.88. The van der Waals surface area contributed by atoms with Crippen molar-refractivity contribution in [1.82, 2.24) is 10.6 Å². The van der Waals surface area contributed by atoms with Crippen molar-refractivity contribution < 1.29 is 23.9 Å². The Labute approximate surface area is 146 Å². The molecule has 8 nitrogen and oxygen atoms in total. The average molecular weight is 347 g/mol. The molecule has 0 radical (unpaired) electrons. The second-order valence-corrected chi connectivity index (χ2v) is 5.17. The van der Waals surface area contributed by atoms with Crippen LogP contribution in [0.1, 0.15) is 25.8 Å². The zero-order valence-corrected chi connectivity index (χ0v) is 14.2. The number of rotatable bonds is 9. The third-order valence-corrected chi connectivity index (χ3v) is 3.02. The zero-order valence-electron chi connectivity index (χ0n) is 14.2. The minimum Gasteiger partial charge on any atom is -0.482 e. The number of carbonyl (C=O) groups excluding carboxylic acids is 3. The van der Waals surface area contributed by atoms with Crippen molar-refractivity contribution >= 4 is 17.8 Å². The van der Waals surface area contributed by atoms with E-state index in [-0.39, 0.29) is 12.5 Å². The summed E-state index contributed by atoms with van der Waals surface area (Å²) in [5.41, 5.74) is 0.476. The van der Waals surface area contributed by atoms with Gasteiger partial charge < -0.3 is 20.1 Å². The van der Waals surface area contributed by atoms with E-state index in [9.17, 15) is 14.4 Å². The number of hydrogen-bond acceptors (Lipinski definition) is 6. The number of nitrogens with one attached hydrogen (secondary N) is 2. The molecule has 0 unspecified atom stereocenters. The Kier molecular flexibility index (Phi) is 8.50. The highest BCUT2D eigenvalue weighted by atomic mass is 16.6. The van der Waals surface area contributed by atoms with Crippen LogP contribution in [-0.2, 0) is 19.1 Å². The summed E-state index contributed by atoms with van der Waals surface area (Å²) in [4.78, 5) is 34.8. The number of carbonyl (C=O) groups is 3. The molecule has 0 aliphatic rings. The second kappa shape index (κ2) is 10.6. The Morgan fingerprint density at radius 2 is 1.88 bits per heavy atom. The van der Waals surface area contributed by atoms with E-state index in [2.05, 4.69) is 10.6 Å². The number of nitrogens with zero attached hydrogens (tertiary/aromatic N) is 1. The number of benzene rings is 1. The van der Waals surface area contributed by atoms with E-state index in [1.807, 2.05) is 13.0 Å². The lowest BCUT2D eigenvalue weighted by Gasteiger charge is -2.14. The summed E-state index contributed by atoms with van der Waals surface area (Å²) in [6, 6.07) is 7.46. The van der Waals surface area contributed by atoms with Crippen LogP contribution in [-0.4, -0.2) is 43.6 Å². The van der Waals surface area contributed by atoms with Gasteiger partial charge in [0.25, 0.3) is 5.91 Å². The van der Waals surface area contributed by atoms with E-state index in [4.69, 9.17) is 14.7 Å². The first-order valence-electron chi connectivity index (χ1n) is 7.82. The normalized spacial score (nSPS) is 10.9. The molecule has 1 aromatic rings. The van der Waals surface area contributed by atoms with Gasteiger partial charge in [0, 0.05) is 6.54 Å². The Morgan fingerprint density at radius 3 is 2.48 bits per heavy atom. The van der Waals surface area contributed by atoms with Gasteiger partial charge in [0.05, 0.1) is 11.6 Å². The molecule has 25 heavy (non-hydrogen) atoms. The Bertz CT molecular complexity index is 637. The van der Waals surface area contributed by atoms with Crippen LogP contribution in [0.4, 0.5) is 0 Å². The summed E-state index contributed by atoms with van der Waals surface area (Å²) < 4.78 is 9.96. The Balaban J connectivity index is 2.27. The molecule has 1 atom stereocenters. The molecular formula is C17H21N3O5. The minimum absolute atomic E-state index is 0.300. The molecule has 0 aromatic heterocycles. The van der Waals surface area contributed by atoms with E-state index in [1.165, 1.54) is 0 Å². The Hall–Kier alpha value is -3.08. The van der Waals surface area contributed by atoms with Gasteiger partial charge in [-0.2, -0.15) is 5.26 Å². The monoisotopic (exact) mass is 347 g/mol. The summed E-state index contributed by atoms with van der Waals surface area (Å²) in [6.45, 7) is 3.12. The lowest BCUT2D eigenvalue weighted by Crippen LogP contribution is -2.46. The SMILES string of the molecule is CCCNC(=O)[C@@H](C)NC(=O)COC(=O)COc1ccc(C#N)cc1. The quantitative estimate of drug-likeness (QED) is 0.629. The maximum atomic E-state index is 11.6. The van der Waals surface area contributed by atoms with E-state index in [0.717, 1.165) is 6.42 Å². The van der Waals surface area contributed by atoms with Crippen LogP contribution in [0.2, 0.25) is 0 Å². The molecule has 2 N–H and O–H groups in total. The molecule has 0 heterocycles. The van der Waals surface area contributed by atoms with Gasteiger partial charge in [-0.25, -0.2) is 4.79 Å². The van der Waals surface area contributed by atoms with E-state index in [0.29, 0.717) is 17.9 Å². The zero-order chi connectivity index (χ0) is 18.7. The topological polar surface area (TPSA) is 118 Å². The number of nitriles is 1. The summed E-state index contributed by atoms with van der Waals surface area (Å²) in [5, 5.41) is 13.8. The average Bonchev–Trinajstić information content (AvgIpc) is 2.62. The third kappa shape index (κ3) is 7.83. The molecule has 0 bridgehead atoms. The fourth-order valence-electron chi connectivity index (χ4n) is 1.71. The number of hydrogen-bond donors (Lipinski definition) is 2. The van der Waals surface area contributed by atoms with Crippen molar-refractivity contribution in [3.05, 3.63) is 29.8 Å². The first-order chi connectivity index (χ1) is 12.0. The molecule has 0 aliphatic heterocycles. The third-order valence-electron chi connectivity index (χ3n) is 3.02. The summed E-state index contributed by atoms with van der Waals surface area (Å²) in [6.07, 6.45) is 0.795. The van der Waals surface area contributed by atoms with Crippen molar-refractivity contribution in [1.29, 1.82) is 5.26 Å². The van der Waals surface area contributed by atoms with Crippen LogP contribution >= 0.6 is 0 Å². The molecule has 0 spiro atoms. The van der Waals surface area contributed by atoms with Crippen molar-refractivity contribution in [2.75, 3.05) is 19.8 Å². The summed E-state index contributed by atoms with van der Waals surface area (Å²) >= 11 is 0. The summed E-state index contributed by atoms with van der Waals surface area (Å²) in [5.74, 6) is -1.19. The lowest BCUT2D eigenvalue weighted by molar-refractivity contribution is -0.150. The van der Waals surface area contributed by atoms with Gasteiger partial charge in [0.15, 0.2) is 13.2 Å². The van der Waals surface area contributed by atoms with Gasteiger partial charge >= 0.3 is 5.97 Å². The van der Waals surface area contributed by atoms with E-state index >= 15 is 0 Å². The lowest BCUT2D eigenvalue weighted by atomic mass is 10.2. The largest absolute Gasteiger partial charge is 0.482 e. The molecular weight excluding hydrogens is 326 g/mol. The maximum Gasteiger partial charge on any atom is 0.344 e. The number of amides is 2. The van der Waals surface area contributed by atoms with E-state index < -0.39 is 24.5 Å². The van der Waals surface area contributed by atoms with Crippen molar-refractivity contribution in [3.8, 4) is 11.8 Å².